The first-order chi connectivity index (χ1) is 8.29. The molecular weight excluding hydrogens is 419 g/mol. The van der Waals surface area contributed by atoms with Gasteiger partial charge in [0.2, 0.25) is 0 Å². The van der Waals surface area contributed by atoms with Crippen LogP contribution in [0.25, 0.3) is 0 Å². The molecule has 2 aromatic rings. The highest BCUT2D eigenvalue weighted by atomic mass is 79.9. The van der Waals surface area contributed by atoms with Crippen LogP contribution >= 0.6 is 54.5 Å². The quantitative estimate of drug-likeness (QED) is 0.751. The Hall–Kier alpha value is 0.0400. The topological polar surface area (TPSA) is 33.1 Å². The van der Waals surface area contributed by atoms with Gasteiger partial charge in [-0.1, -0.05) is 0 Å². The van der Waals surface area contributed by atoms with E-state index >= 15 is 0 Å². The van der Waals surface area contributed by atoms with Crippen LogP contribution in [0.15, 0.2) is 20.5 Å². The van der Waals surface area contributed by atoms with Gasteiger partial charge < -0.3 is 5.11 Å². The molecule has 0 aliphatic carbocycles. The van der Waals surface area contributed by atoms with Crippen LogP contribution in [0.2, 0.25) is 0 Å². The summed E-state index contributed by atoms with van der Waals surface area (Å²) in [6.07, 6.45) is -4.51. The van der Waals surface area contributed by atoms with E-state index in [1.54, 1.807) is 6.07 Å². The molecule has 1 N–H and O–H groups in total. The maximum Gasteiger partial charge on any atom is 0.443 e. The third kappa shape index (κ3) is 2.96. The molecule has 1 atom stereocenters. The van der Waals surface area contributed by atoms with Gasteiger partial charge >= 0.3 is 6.18 Å². The van der Waals surface area contributed by atoms with Crippen LogP contribution in [-0.2, 0) is 6.18 Å². The standard InChI is InChI=1S/C9H4Br2F3NOS2/c10-3-1-4(17-7(3)11)6(16)5-2-15-8(18-5)9(12,13)14/h1-2,6,16H. The van der Waals surface area contributed by atoms with Gasteiger partial charge in [-0.2, -0.15) is 13.2 Å². The Morgan fingerprint density at radius 1 is 1.22 bits per heavy atom. The summed E-state index contributed by atoms with van der Waals surface area (Å²) in [4.78, 5) is 4.00. The van der Waals surface area contributed by atoms with Crippen molar-refractivity contribution in [1.82, 2.24) is 4.98 Å². The molecule has 0 amide bonds. The van der Waals surface area contributed by atoms with Crippen LogP contribution in [0.1, 0.15) is 20.9 Å². The first-order valence-electron chi connectivity index (χ1n) is 4.44. The summed E-state index contributed by atoms with van der Waals surface area (Å²) in [6.45, 7) is 0. The zero-order valence-electron chi connectivity index (χ0n) is 8.33. The summed E-state index contributed by atoms with van der Waals surface area (Å²) in [7, 11) is 0. The van der Waals surface area contributed by atoms with Crippen molar-refractivity contribution in [2.75, 3.05) is 0 Å². The van der Waals surface area contributed by atoms with Crippen LogP contribution < -0.4 is 0 Å². The van der Waals surface area contributed by atoms with Gasteiger partial charge in [0.15, 0.2) is 5.01 Å². The molecule has 18 heavy (non-hydrogen) atoms. The number of halogens is 5. The van der Waals surface area contributed by atoms with Crippen molar-refractivity contribution in [2.45, 2.75) is 12.3 Å². The number of aliphatic hydroxyl groups excluding tert-OH is 1. The predicted octanol–water partition coefficient (Wildman–Crippen LogP) is 4.83. The van der Waals surface area contributed by atoms with Crippen LogP contribution in [0.3, 0.4) is 0 Å². The lowest BCUT2D eigenvalue weighted by atomic mass is 10.3. The third-order valence-electron chi connectivity index (χ3n) is 1.97. The molecule has 0 aliphatic rings. The van der Waals surface area contributed by atoms with Crippen molar-refractivity contribution in [3.05, 3.63) is 35.3 Å². The molecular formula is C9H4Br2F3NOS2. The van der Waals surface area contributed by atoms with Gasteiger partial charge in [0.1, 0.15) is 6.10 Å². The van der Waals surface area contributed by atoms with Crippen molar-refractivity contribution in [3.8, 4) is 0 Å². The number of thiophene rings is 1. The molecule has 98 valence electrons. The zero-order valence-corrected chi connectivity index (χ0v) is 13.1. The van der Waals surface area contributed by atoms with Crippen LogP contribution in [0.4, 0.5) is 13.2 Å². The van der Waals surface area contributed by atoms with Gasteiger partial charge in [0, 0.05) is 15.5 Å². The van der Waals surface area contributed by atoms with Gasteiger partial charge in [-0.25, -0.2) is 4.98 Å². The molecule has 9 heteroatoms. The monoisotopic (exact) mass is 421 g/mol. The number of thiazole rings is 1. The maximum atomic E-state index is 12.4. The number of alkyl halides is 3. The Morgan fingerprint density at radius 2 is 1.89 bits per heavy atom. The third-order valence-corrected chi connectivity index (χ3v) is 6.37. The van der Waals surface area contributed by atoms with E-state index in [0.717, 1.165) is 14.5 Å². The molecule has 0 aliphatic heterocycles. The average Bonchev–Trinajstić information content (AvgIpc) is 2.85. The highest BCUT2D eigenvalue weighted by molar-refractivity contribution is 9.13. The van der Waals surface area contributed by atoms with Gasteiger partial charge in [-0.05, 0) is 37.9 Å². The zero-order chi connectivity index (χ0) is 13.5. The number of hydrogen-bond acceptors (Lipinski definition) is 4. The first kappa shape index (κ1) is 14.4. The van der Waals surface area contributed by atoms with E-state index < -0.39 is 17.3 Å². The summed E-state index contributed by atoms with van der Waals surface area (Å²) >= 11 is 8.22. The lowest BCUT2D eigenvalue weighted by Gasteiger charge is -2.04. The molecule has 0 saturated carbocycles. The van der Waals surface area contributed by atoms with Crippen molar-refractivity contribution < 1.29 is 18.3 Å². The van der Waals surface area contributed by atoms with Gasteiger partial charge in [-0.3, -0.25) is 0 Å². The van der Waals surface area contributed by atoms with Gasteiger partial charge in [0.05, 0.1) is 8.66 Å². The Kier molecular flexibility index (Phi) is 4.17. The lowest BCUT2D eigenvalue weighted by Crippen LogP contribution is -2.03. The minimum Gasteiger partial charge on any atom is -0.382 e. The Labute approximate surface area is 125 Å². The second-order valence-corrected chi connectivity index (χ2v) is 7.56. The number of rotatable bonds is 2. The second kappa shape index (κ2) is 5.20. The van der Waals surface area contributed by atoms with Crippen molar-refractivity contribution in [2.24, 2.45) is 0 Å². The van der Waals surface area contributed by atoms with E-state index in [-0.39, 0.29) is 4.88 Å². The molecule has 0 radical (unpaired) electrons. The van der Waals surface area contributed by atoms with Gasteiger partial charge in [-0.15, -0.1) is 22.7 Å². The first-order valence-corrected chi connectivity index (χ1v) is 7.66. The Morgan fingerprint density at radius 3 is 2.33 bits per heavy atom. The molecule has 2 aromatic heterocycles. The lowest BCUT2D eigenvalue weighted by molar-refractivity contribution is -0.137. The number of aliphatic hydroxyl groups is 1. The highest BCUT2D eigenvalue weighted by Crippen LogP contribution is 2.40. The summed E-state index contributed by atoms with van der Waals surface area (Å²) < 4.78 is 38.7. The maximum absolute atomic E-state index is 12.4. The number of hydrogen-bond donors (Lipinski definition) is 1. The molecule has 2 nitrogen and oxygen atoms in total. The molecule has 0 aromatic carbocycles. The smallest absolute Gasteiger partial charge is 0.382 e. The normalized spacial score (nSPS) is 13.9. The van der Waals surface area contributed by atoms with Crippen LogP contribution in [0, 0.1) is 0 Å². The fourth-order valence-corrected chi connectivity index (χ4v) is 4.14. The summed E-state index contributed by atoms with van der Waals surface area (Å²) in [5.74, 6) is 0. The van der Waals surface area contributed by atoms with Crippen molar-refractivity contribution in [1.29, 1.82) is 0 Å². The largest absolute Gasteiger partial charge is 0.443 e. The van der Waals surface area contributed by atoms with E-state index in [9.17, 15) is 18.3 Å². The minimum absolute atomic E-state index is 0.170. The molecule has 2 rings (SSSR count). The van der Waals surface area contributed by atoms with E-state index in [2.05, 4.69) is 36.8 Å². The number of nitrogens with zero attached hydrogens (tertiary/aromatic N) is 1. The fourth-order valence-electron chi connectivity index (χ4n) is 1.18. The van der Waals surface area contributed by atoms with E-state index in [0.29, 0.717) is 16.2 Å². The average molecular weight is 423 g/mol. The van der Waals surface area contributed by atoms with E-state index in [1.165, 1.54) is 11.3 Å². The second-order valence-electron chi connectivity index (χ2n) is 3.24. The van der Waals surface area contributed by atoms with Crippen molar-refractivity contribution >= 4 is 54.5 Å². The minimum atomic E-state index is -4.47. The van der Waals surface area contributed by atoms with Crippen LogP contribution in [-0.4, -0.2) is 10.1 Å². The molecule has 1 unspecified atom stereocenters. The van der Waals surface area contributed by atoms with Crippen molar-refractivity contribution in [3.63, 3.8) is 0 Å². The Bertz CT molecular complexity index is 547. The summed E-state index contributed by atoms with van der Waals surface area (Å²) in [5.41, 5.74) is 0. The number of aromatic nitrogens is 1. The fraction of sp³-hybridized carbons (Fsp3) is 0.222. The summed E-state index contributed by atoms with van der Waals surface area (Å²) in [5, 5.41) is 9.03. The van der Waals surface area contributed by atoms with E-state index in [4.69, 9.17) is 0 Å². The molecule has 0 bridgehead atoms. The Balaban J connectivity index is 2.29. The van der Waals surface area contributed by atoms with Gasteiger partial charge in [0.25, 0.3) is 0 Å². The molecule has 0 spiro atoms. The SMILES string of the molecule is OC(c1cnc(C(F)(F)F)s1)c1cc(Br)c(Br)s1. The predicted molar refractivity (Wildman–Crippen MR) is 70.9 cm³/mol. The molecule has 0 saturated heterocycles. The molecule has 0 fully saturated rings. The summed E-state index contributed by atoms with van der Waals surface area (Å²) in [6, 6.07) is 1.66. The van der Waals surface area contributed by atoms with Crippen LogP contribution in [0.5, 0.6) is 0 Å². The van der Waals surface area contributed by atoms with E-state index in [1.807, 2.05) is 0 Å². The highest BCUT2D eigenvalue weighted by Gasteiger charge is 2.35. The molecule has 2 heterocycles.